The number of benzene rings is 3. The highest BCUT2D eigenvalue weighted by molar-refractivity contribution is 7.92. The van der Waals surface area contributed by atoms with Crippen molar-refractivity contribution >= 4 is 27.6 Å². The molecule has 0 fully saturated rings. The molecule has 0 radical (unpaired) electrons. The molecule has 8 heteroatoms. The molecule has 0 saturated heterocycles. The Bertz CT molecular complexity index is 1240. The Morgan fingerprint density at radius 3 is 2.09 bits per heavy atom. The van der Waals surface area contributed by atoms with Crippen LogP contribution in [0.15, 0.2) is 83.8 Å². The second kappa shape index (κ2) is 9.87. The lowest BCUT2D eigenvalue weighted by Gasteiger charge is -2.22. The largest absolute Gasteiger partial charge is 0.444 e. The number of ether oxygens (including phenoxy) is 1. The molecule has 3 aromatic carbocycles. The summed E-state index contributed by atoms with van der Waals surface area (Å²) in [5, 5.41) is 0. The zero-order valence-electron chi connectivity index (χ0n) is 18.9. The highest BCUT2D eigenvalue weighted by atomic mass is 32.2. The van der Waals surface area contributed by atoms with Gasteiger partial charge in [0.25, 0.3) is 15.9 Å². The zero-order valence-corrected chi connectivity index (χ0v) is 19.7. The number of sulfonamides is 1. The van der Waals surface area contributed by atoms with Gasteiger partial charge in [0.05, 0.1) is 16.1 Å². The number of nitrogens with zero attached hydrogens (tertiary/aromatic N) is 2. The minimum atomic E-state index is -3.92. The van der Waals surface area contributed by atoms with Gasteiger partial charge in [-0.05, 0) is 37.3 Å². The van der Waals surface area contributed by atoms with E-state index >= 15 is 0 Å². The number of esters is 1. The predicted octanol–water partition coefficient (Wildman–Crippen LogP) is 3.81. The second-order valence-corrected chi connectivity index (χ2v) is 9.73. The van der Waals surface area contributed by atoms with Gasteiger partial charge < -0.3 is 9.64 Å². The van der Waals surface area contributed by atoms with E-state index in [-0.39, 0.29) is 10.5 Å². The third-order valence-electron chi connectivity index (χ3n) is 5.12. The average Bonchev–Trinajstić information content (AvgIpc) is 2.82. The van der Waals surface area contributed by atoms with E-state index in [0.29, 0.717) is 11.3 Å². The van der Waals surface area contributed by atoms with Crippen LogP contribution in [0.4, 0.5) is 5.69 Å². The first-order chi connectivity index (χ1) is 15.6. The molecular formula is C25H26N2O5S. The molecule has 0 bridgehead atoms. The van der Waals surface area contributed by atoms with Crippen molar-refractivity contribution in [2.75, 3.05) is 25.4 Å². The second-order valence-electron chi connectivity index (χ2n) is 7.76. The molecule has 1 unspecified atom stereocenters. The van der Waals surface area contributed by atoms with Crippen LogP contribution in [0.2, 0.25) is 0 Å². The minimum absolute atomic E-state index is 0.0286. The maximum Gasteiger partial charge on any atom is 0.339 e. The molecule has 0 heterocycles. The number of amides is 1. The standard InChI is InChI=1S/C25H26N2O5S/c1-18-13-15-21(16-14-18)27(4)33(30,31)22-12-8-11-20(17-22)25(29)32-23(24(28)26(2)3)19-9-6-5-7-10-19/h5-17,23H,1-4H3. The van der Waals surface area contributed by atoms with Gasteiger partial charge in [-0.1, -0.05) is 54.1 Å². The van der Waals surface area contributed by atoms with Gasteiger partial charge in [0.1, 0.15) is 0 Å². The van der Waals surface area contributed by atoms with Crippen molar-refractivity contribution in [3.63, 3.8) is 0 Å². The fourth-order valence-corrected chi connectivity index (χ4v) is 4.38. The summed E-state index contributed by atoms with van der Waals surface area (Å²) >= 11 is 0. The maximum absolute atomic E-state index is 13.1. The Morgan fingerprint density at radius 1 is 0.848 bits per heavy atom. The van der Waals surface area contributed by atoms with Crippen LogP contribution in [0.1, 0.15) is 27.6 Å². The summed E-state index contributed by atoms with van der Waals surface area (Å²) in [5.41, 5.74) is 2.05. The molecule has 0 N–H and O–H groups in total. The summed E-state index contributed by atoms with van der Waals surface area (Å²) in [6, 6.07) is 21.3. The van der Waals surface area contributed by atoms with E-state index in [1.54, 1.807) is 56.6 Å². The lowest BCUT2D eigenvalue weighted by molar-refractivity contribution is -0.138. The van der Waals surface area contributed by atoms with Gasteiger partial charge >= 0.3 is 5.97 Å². The number of hydrogen-bond donors (Lipinski definition) is 0. The van der Waals surface area contributed by atoms with Crippen molar-refractivity contribution < 1.29 is 22.7 Å². The smallest absolute Gasteiger partial charge is 0.339 e. The van der Waals surface area contributed by atoms with E-state index < -0.39 is 28.0 Å². The van der Waals surface area contributed by atoms with Crippen molar-refractivity contribution in [2.45, 2.75) is 17.9 Å². The summed E-state index contributed by atoms with van der Waals surface area (Å²) in [6.45, 7) is 1.91. The number of rotatable bonds is 7. The van der Waals surface area contributed by atoms with Crippen LogP contribution in [0, 0.1) is 6.92 Å². The van der Waals surface area contributed by atoms with Crippen molar-refractivity contribution in [3.8, 4) is 0 Å². The quantitative estimate of drug-likeness (QED) is 0.495. The number of carbonyl (C=O) groups is 2. The molecule has 1 atom stereocenters. The van der Waals surface area contributed by atoms with E-state index in [0.717, 1.165) is 9.87 Å². The van der Waals surface area contributed by atoms with Gasteiger partial charge in [-0.2, -0.15) is 0 Å². The summed E-state index contributed by atoms with van der Waals surface area (Å²) < 4.78 is 33.0. The summed E-state index contributed by atoms with van der Waals surface area (Å²) in [4.78, 5) is 26.8. The normalized spacial score (nSPS) is 12.0. The van der Waals surface area contributed by atoms with Crippen LogP contribution in [0.5, 0.6) is 0 Å². The molecule has 0 aliphatic rings. The van der Waals surface area contributed by atoms with E-state index in [1.807, 2.05) is 19.1 Å². The zero-order chi connectivity index (χ0) is 24.2. The Kier molecular flexibility index (Phi) is 7.18. The summed E-state index contributed by atoms with van der Waals surface area (Å²) in [7, 11) is 0.669. The molecule has 1 amide bonds. The van der Waals surface area contributed by atoms with Crippen LogP contribution < -0.4 is 4.31 Å². The van der Waals surface area contributed by atoms with Crippen molar-refractivity contribution in [1.29, 1.82) is 0 Å². The Balaban J connectivity index is 1.89. The third-order valence-corrected chi connectivity index (χ3v) is 6.90. The number of hydrogen-bond acceptors (Lipinski definition) is 5. The first-order valence-electron chi connectivity index (χ1n) is 10.2. The maximum atomic E-state index is 13.1. The molecular weight excluding hydrogens is 440 g/mol. The predicted molar refractivity (Wildman–Crippen MR) is 127 cm³/mol. The van der Waals surface area contributed by atoms with Crippen LogP contribution in [-0.2, 0) is 19.6 Å². The number of anilines is 1. The van der Waals surface area contributed by atoms with Crippen molar-refractivity contribution in [1.82, 2.24) is 4.90 Å². The fourth-order valence-electron chi connectivity index (χ4n) is 3.13. The third kappa shape index (κ3) is 5.40. The molecule has 0 spiro atoms. The van der Waals surface area contributed by atoms with E-state index in [2.05, 4.69) is 0 Å². The molecule has 3 aromatic rings. The highest BCUT2D eigenvalue weighted by Crippen LogP contribution is 2.25. The van der Waals surface area contributed by atoms with Gasteiger partial charge in [0.2, 0.25) is 6.10 Å². The number of aryl methyl sites for hydroxylation is 1. The SMILES string of the molecule is Cc1ccc(N(C)S(=O)(=O)c2cccc(C(=O)OC(C(=O)N(C)C)c3ccccc3)c2)cc1. The van der Waals surface area contributed by atoms with Gasteiger partial charge in [-0.25, -0.2) is 13.2 Å². The Hall–Kier alpha value is -3.65. The van der Waals surface area contributed by atoms with Gasteiger partial charge in [-0.15, -0.1) is 0 Å². The van der Waals surface area contributed by atoms with Crippen LogP contribution in [-0.4, -0.2) is 46.3 Å². The molecule has 0 saturated carbocycles. The minimum Gasteiger partial charge on any atom is -0.444 e. The monoisotopic (exact) mass is 466 g/mol. The van der Waals surface area contributed by atoms with E-state index in [9.17, 15) is 18.0 Å². The lowest BCUT2D eigenvalue weighted by atomic mass is 10.1. The molecule has 33 heavy (non-hydrogen) atoms. The lowest BCUT2D eigenvalue weighted by Crippen LogP contribution is -2.31. The van der Waals surface area contributed by atoms with Gasteiger partial charge in [-0.3, -0.25) is 9.10 Å². The first kappa shape index (κ1) is 24.0. The Morgan fingerprint density at radius 2 is 1.48 bits per heavy atom. The number of carbonyl (C=O) groups excluding carboxylic acids is 2. The molecule has 0 aromatic heterocycles. The fraction of sp³-hybridized carbons (Fsp3) is 0.200. The van der Waals surface area contributed by atoms with E-state index in [4.69, 9.17) is 4.74 Å². The molecule has 3 rings (SSSR count). The van der Waals surface area contributed by atoms with Crippen LogP contribution >= 0.6 is 0 Å². The first-order valence-corrected chi connectivity index (χ1v) is 11.7. The number of likely N-dealkylation sites (N-methyl/N-ethyl adjacent to an activating group) is 1. The van der Waals surface area contributed by atoms with Crippen LogP contribution in [0.3, 0.4) is 0 Å². The van der Waals surface area contributed by atoms with Crippen molar-refractivity contribution in [3.05, 3.63) is 95.6 Å². The van der Waals surface area contributed by atoms with Crippen molar-refractivity contribution in [2.24, 2.45) is 0 Å². The highest BCUT2D eigenvalue weighted by Gasteiger charge is 2.28. The topological polar surface area (TPSA) is 84.0 Å². The molecule has 0 aliphatic carbocycles. The van der Waals surface area contributed by atoms with Gasteiger partial charge in [0, 0.05) is 26.7 Å². The van der Waals surface area contributed by atoms with E-state index in [1.165, 1.54) is 36.2 Å². The van der Waals surface area contributed by atoms with Crippen LogP contribution in [0.25, 0.3) is 0 Å². The average molecular weight is 467 g/mol. The summed E-state index contributed by atoms with van der Waals surface area (Å²) in [6.07, 6.45) is -1.15. The van der Waals surface area contributed by atoms with Gasteiger partial charge in [0.15, 0.2) is 0 Å². The molecule has 7 nitrogen and oxygen atoms in total. The summed E-state index contributed by atoms with van der Waals surface area (Å²) in [5.74, 6) is -1.20. The Labute approximate surface area is 194 Å². The molecule has 0 aliphatic heterocycles. The molecule has 172 valence electrons.